The Morgan fingerprint density at radius 1 is 1.13 bits per heavy atom. The van der Waals surface area contributed by atoms with Crippen LogP contribution in [-0.2, 0) is 16.6 Å². The van der Waals surface area contributed by atoms with Crippen molar-refractivity contribution >= 4 is 21.6 Å². The molecular weight excluding hydrogens is 398 g/mol. The molecule has 30 heavy (non-hydrogen) atoms. The highest BCUT2D eigenvalue weighted by molar-refractivity contribution is 7.89. The minimum Gasteiger partial charge on any atom is -0.371 e. The van der Waals surface area contributed by atoms with Crippen molar-refractivity contribution in [2.45, 2.75) is 50.1 Å². The zero-order valence-electron chi connectivity index (χ0n) is 17.6. The van der Waals surface area contributed by atoms with E-state index in [1.807, 2.05) is 19.1 Å². The van der Waals surface area contributed by atoms with E-state index in [4.69, 9.17) is 0 Å². The normalized spacial score (nSPS) is 16.7. The Kier molecular flexibility index (Phi) is 5.84. The Bertz CT molecular complexity index is 1040. The van der Waals surface area contributed by atoms with Crippen molar-refractivity contribution in [3.8, 4) is 0 Å². The number of nitrogens with one attached hydrogen (secondary N) is 1. The van der Waals surface area contributed by atoms with E-state index in [9.17, 15) is 13.2 Å². The summed E-state index contributed by atoms with van der Waals surface area (Å²) >= 11 is 0. The molecule has 0 aromatic heterocycles. The summed E-state index contributed by atoms with van der Waals surface area (Å²) in [7, 11) is -1.83. The fourth-order valence-electron chi connectivity index (χ4n) is 3.93. The highest BCUT2D eigenvalue weighted by Crippen LogP contribution is 2.27. The van der Waals surface area contributed by atoms with Crippen LogP contribution in [0.1, 0.15) is 47.2 Å². The van der Waals surface area contributed by atoms with Crippen LogP contribution in [0.25, 0.3) is 0 Å². The van der Waals surface area contributed by atoms with Gasteiger partial charge in [0.25, 0.3) is 5.91 Å². The lowest BCUT2D eigenvalue weighted by molar-refractivity contribution is 0.0784. The summed E-state index contributed by atoms with van der Waals surface area (Å²) in [6, 6.07) is 13.0. The monoisotopic (exact) mass is 427 g/mol. The number of carbonyl (C=O) groups is 1. The number of nitrogens with zero attached hydrogens (tertiary/aromatic N) is 2. The van der Waals surface area contributed by atoms with Gasteiger partial charge >= 0.3 is 0 Å². The van der Waals surface area contributed by atoms with Crippen LogP contribution in [0.4, 0.5) is 5.69 Å². The largest absolute Gasteiger partial charge is 0.371 e. The molecule has 4 rings (SSSR count). The zero-order valence-corrected chi connectivity index (χ0v) is 18.4. The predicted octanol–water partition coefficient (Wildman–Crippen LogP) is 3.31. The number of sulfonamides is 1. The number of hydrogen-bond donors (Lipinski definition) is 1. The van der Waals surface area contributed by atoms with E-state index in [0.29, 0.717) is 12.1 Å². The summed E-state index contributed by atoms with van der Waals surface area (Å²) in [6.45, 7) is 4.40. The van der Waals surface area contributed by atoms with Crippen LogP contribution < -0.4 is 9.62 Å². The number of carbonyl (C=O) groups excluding carboxylic acids is 1. The summed E-state index contributed by atoms with van der Waals surface area (Å²) in [6.07, 6.45) is 4.13. The molecule has 1 heterocycles. The standard InChI is InChI=1S/C23H29N3O3S/c1-17-9-12-20(30(28,29)24-19-10-11-19)15-21(17)23(27)25(2)16-18-7-3-4-8-22(18)26-13-5-6-14-26/h3-4,7-9,12,15,19,24H,5-6,10-11,13-14,16H2,1-2H3. The first-order valence-corrected chi connectivity index (χ1v) is 12.0. The molecule has 160 valence electrons. The van der Waals surface area contributed by atoms with Gasteiger partial charge in [0.05, 0.1) is 4.90 Å². The molecule has 0 spiro atoms. The number of anilines is 1. The van der Waals surface area contributed by atoms with Gasteiger partial charge in [0.1, 0.15) is 0 Å². The fraction of sp³-hybridized carbons (Fsp3) is 0.435. The second-order valence-electron chi connectivity index (χ2n) is 8.36. The maximum atomic E-state index is 13.2. The second-order valence-corrected chi connectivity index (χ2v) is 10.1. The van der Waals surface area contributed by atoms with Gasteiger partial charge in [-0.3, -0.25) is 4.79 Å². The molecule has 0 radical (unpaired) electrons. The molecule has 1 saturated heterocycles. The quantitative estimate of drug-likeness (QED) is 0.736. The van der Waals surface area contributed by atoms with Crippen molar-refractivity contribution in [3.63, 3.8) is 0 Å². The van der Waals surface area contributed by atoms with E-state index in [1.165, 1.54) is 24.6 Å². The van der Waals surface area contributed by atoms with Gasteiger partial charge in [-0.1, -0.05) is 24.3 Å². The van der Waals surface area contributed by atoms with Crippen LogP contribution >= 0.6 is 0 Å². The summed E-state index contributed by atoms with van der Waals surface area (Å²) in [5.74, 6) is -0.174. The van der Waals surface area contributed by atoms with E-state index in [2.05, 4.69) is 21.8 Å². The average molecular weight is 428 g/mol. The third kappa shape index (κ3) is 4.52. The summed E-state index contributed by atoms with van der Waals surface area (Å²) in [5, 5.41) is 0. The third-order valence-electron chi connectivity index (χ3n) is 5.84. The molecule has 0 unspecified atom stereocenters. The Morgan fingerprint density at radius 2 is 1.83 bits per heavy atom. The van der Waals surface area contributed by atoms with Crippen LogP contribution in [-0.4, -0.2) is 45.4 Å². The Balaban J connectivity index is 1.55. The first-order chi connectivity index (χ1) is 14.3. The summed E-state index contributed by atoms with van der Waals surface area (Å²) in [5.41, 5.74) is 3.48. The molecule has 1 N–H and O–H groups in total. The van der Waals surface area contributed by atoms with Gasteiger partial charge in [-0.15, -0.1) is 0 Å². The number of benzene rings is 2. The maximum absolute atomic E-state index is 13.2. The van der Waals surface area contributed by atoms with Gasteiger partial charge in [-0.05, 0) is 61.9 Å². The van der Waals surface area contributed by atoms with Crippen molar-refractivity contribution in [1.82, 2.24) is 9.62 Å². The molecule has 1 aliphatic heterocycles. The van der Waals surface area contributed by atoms with Crippen molar-refractivity contribution in [3.05, 3.63) is 59.2 Å². The molecule has 7 heteroatoms. The fourth-order valence-corrected chi connectivity index (χ4v) is 5.26. The third-order valence-corrected chi connectivity index (χ3v) is 7.36. The zero-order chi connectivity index (χ0) is 21.3. The predicted molar refractivity (Wildman–Crippen MR) is 118 cm³/mol. The molecule has 1 aliphatic carbocycles. The van der Waals surface area contributed by atoms with E-state index in [-0.39, 0.29) is 16.8 Å². The van der Waals surface area contributed by atoms with Crippen LogP contribution in [0.5, 0.6) is 0 Å². The van der Waals surface area contributed by atoms with Gasteiger partial charge in [0.2, 0.25) is 10.0 Å². The first kappa shape index (κ1) is 20.9. The smallest absolute Gasteiger partial charge is 0.254 e. The topological polar surface area (TPSA) is 69.7 Å². The van der Waals surface area contributed by atoms with Gasteiger partial charge in [-0.2, -0.15) is 0 Å². The van der Waals surface area contributed by atoms with E-state index in [1.54, 1.807) is 24.1 Å². The van der Waals surface area contributed by atoms with Crippen LogP contribution in [0, 0.1) is 6.92 Å². The molecule has 1 amide bonds. The Hall–Kier alpha value is -2.38. The highest BCUT2D eigenvalue weighted by Gasteiger charge is 2.29. The van der Waals surface area contributed by atoms with Crippen molar-refractivity contribution in [2.75, 3.05) is 25.0 Å². The van der Waals surface area contributed by atoms with Crippen LogP contribution in [0.15, 0.2) is 47.4 Å². The molecule has 6 nitrogen and oxygen atoms in total. The SMILES string of the molecule is Cc1ccc(S(=O)(=O)NC2CC2)cc1C(=O)N(C)Cc1ccccc1N1CCCC1. The lowest BCUT2D eigenvalue weighted by Crippen LogP contribution is -2.29. The summed E-state index contributed by atoms with van der Waals surface area (Å²) < 4.78 is 27.8. The second kappa shape index (κ2) is 8.40. The first-order valence-electron chi connectivity index (χ1n) is 10.6. The number of rotatable bonds is 7. The van der Waals surface area contributed by atoms with Gasteiger partial charge < -0.3 is 9.80 Å². The number of amides is 1. The minimum absolute atomic E-state index is 0.0280. The Morgan fingerprint density at radius 3 is 2.53 bits per heavy atom. The van der Waals surface area contributed by atoms with E-state index < -0.39 is 10.0 Å². The van der Waals surface area contributed by atoms with Crippen molar-refractivity contribution in [2.24, 2.45) is 0 Å². The molecule has 0 atom stereocenters. The molecule has 2 fully saturated rings. The van der Waals surface area contributed by atoms with Crippen molar-refractivity contribution in [1.29, 1.82) is 0 Å². The van der Waals surface area contributed by atoms with E-state index in [0.717, 1.165) is 37.1 Å². The average Bonchev–Trinajstić information content (AvgIpc) is 3.35. The summed E-state index contributed by atoms with van der Waals surface area (Å²) in [4.78, 5) is 17.4. The van der Waals surface area contributed by atoms with Gasteiger partial charge in [-0.25, -0.2) is 13.1 Å². The highest BCUT2D eigenvalue weighted by atomic mass is 32.2. The van der Waals surface area contributed by atoms with Crippen LogP contribution in [0.2, 0.25) is 0 Å². The number of hydrogen-bond acceptors (Lipinski definition) is 4. The molecule has 2 aromatic carbocycles. The Labute approximate surface area is 178 Å². The number of aryl methyl sites for hydroxylation is 1. The van der Waals surface area contributed by atoms with Gasteiger partial charge in [0.15, 0.2) is 0 Å². The van der Waals surface area contributed by atoms with Gasteiger partial charge in [0, 0.05) is 44.0 Å². The van der Waals surface area contributed by atoms with Crippen LogP contribution in [0.3, 0.4) is 0 Å². The molecule has 0 bridgehead atoms. The molecule has 1 saturated carbocycles. The maximum Gasteiger partial charge on any atom is 0.254 e. The van der Waals surface area contributed by atoms with E-state index >= 15 is 0 Å². The molecule has 2 aliphatic rings. The lowest BCUT2D eigenvalue weighted by Gasteiger charge is -2.25. The van der Waals surface area contributed by atoms with Crippen molar-refractivity contribution < 1.29 is 13.2 Å². The minimum atomic E-state index is -3.60. The molecular formula is C23H29N3O3S. The lowest BCUT2D eigenvalue weighted by atomic mass is 10.1. The number of para-hydroxylation sites is 1. The molecule has 2 aromatic rings.